The maximum atomic E-state index is 10.1. The molecule has 0 spiro atoms. The van der Waals surface area contributed by atoms with Crippen molar-refractivity contribution < 1.29 is 14.6 Å². The lowest BCUT2D eigenvalue weighted by atomic mass is 9.90. The number of benzene rings is 1. The Bertz CT molecular complexity index is 389. The van der Waals surface area contributed by atoms with E-state index in [1.165, 1.54) is 0 Å². The molecule has 1 saturated heterocycles. The van der Waals surface area contributed by atoms with Crippen molar-refractivity contribution >= 4 is 0 Å². The molecule has 1 aromatic carbocycles. The number of hydrogen-bond donors (Lipinski definition) is 1. The Kier molecular flexibility index (Phi) is 3.57. The minimum absolute atomic E-state index is 0.273. The predicted octanol–water partition coefficient (Wildman–Crippen LogP) is 3.07. The topological polar surface area (TPSA) is 42.0 Å². The molecule has 1 N–H and O–H groups in total. The molecule has 0 radical (unpaired) electrons. The molecule has 1 fully saturated rings. The van der Waals surface area contributed by atoms with Crippen molar-refractivity contribution in [3.8, 4) is 11.5 Å². The highest BCUT2D eigenvalue weighted by Gasteiger charge is 2.36. The van der Waals surface area contributed by atoms with Crippen molar-refractivity contribution in [3.63, 3.8) is 0 Å². The van der Waals surface area contributed by atoms with Gasteiger partial charge < -0.3 is 14.6 Å². The summed E-state index contributed by atoms with van der Waals surface area (Å²) in [6, 6.07) is 5.68. The third-order valence-corrected chi connectivity index (χ3v) is 3.54. The zero-order valence-electron chi connectivity index (χ0n) is 10.6. The van der Waals surface area contributed by atoms with Crippen LogP contribution in [0.5, 0.6) is 11.5 Å². The Morgan fingerprint density at radius 1 is 1.47 bits per heavy atom. The standard InChI is InChI=1S/C14H20O3/c1-4-10(8-13-9(2)17-13)11-6-5-7-12(16-3)14(11)15/h5-7,9-10,13,15H,4,8H2,1-3H3. The molecule has 1 aliphatic heterocycles. The van der Waals surface area contributed by atoms with Gasteiger partial charge in [0.1, 0.15) is 0 Å². The van der Waals surface area contributed by atoms with Gasteiger partial charge in [-0.05, 0) is 31.7 Å². The smallest absolute Gasteiger partial charge is 0.161 e. The van der Waals surface area contributed by atoms with Crippen LogP contribution < -0.4 is 4.74 Å². The van der Waals surface area contributed by atoms with Gasteiger partial charge in [0.05, 0.1) is 19.3 Å². The van der Waals surface area contributed by atoms with Gasteiger partial charge in [-0.3, -0.25) is 0 Å². The van der Waals surface area contributed by atoms with E-state index in [1.807, 2.05) is 12.1 Å². The van der Waals surface area contributed by atoms with Gasteiger partial charge in [0.25, 0.3) is 0 Å². The first-order valence-corrected chi connectivity index (χ1v) is 6.18. The van der Waals surface area contributed by atoms with E-state index in [1.54, 1.807) is 13.2 Å². The van der Waals surface area contributed by atoms with Gasteiger partial charge in [0.15, 0.2) is 11.5 Å². The number of rotatable bonds is 5. The Hall–Kier alpha value is -1.22. The number of methoxy groups -OCH3 is 1. The van der Waals surface area contributed by atoms with E-state index in [0.717, 1.165) is 18.4 Å². The van der Waals surface area contributed by atoms with Crippen LogP contribution in [0.25, 0.3) is 0 Å². The molecule has 2 rings (SSSR count). The molecule has 0 bridgehead atoms. The van der Waals surface area contributed by atoms with Crippen LogP contribution in [0.2, 0.25) is 0 Å². The van der Waals surface area contributed by atoms with Crippen molar-refractivity contribution in [2.75, 3.05) is 7.11 Å². The van der Waals surface area contributed by atoms with E-state index in [-0.39, 0.29) is 5.75 Å². The molecule has 1 heterocycles. The summed E-state index contributed by atoms with van der Waals surface area (Å²) < 4.78 is 10.6. The van der Waals surface area contributed by atoms with E-state index >= 15 is 0 Å². The lowest BCUT2D eigenvalue weighted by molar-refractivity contribution is 0.348. The Labute approximate surface area is 102 Å². The van der Waals surface area contributed by atoms with E-state index in [4.69, 9.17) is 9.47 Å². The molecule has 1 aliphatic rings. The highest BCUT2D eigenvalue weighted by Crippen LogP contribution is 2.40. The monoisotopic (exact) mass is 236 g/mol. The summed E-state index contributed by atoms with van der Waals surface area (Å²) in [7, 11) is 1.58. The molecule has 17 heavy (non-hydrogen) atoms. The van der Waals surface area contributed by atoms with Gasteiger partial charge in [-0.1, -0.05) is 19.1 Å². The second-order valence-electron chi connectivity index (χ2n) is 4.62. The number of para-hydroxylation sites is 1. The first kappa shape index (κ1) is 12.2. The summed E-state index contributed by atoms with van der Waals surface area (Å²) in [5, 5.41) is 10.1. The largest absolute Gasteiger partial charge is 0.504 e. The third-order valence-electron chi connectivity index (χ3n) is 3.54. The Morgan fingerprint density at radius 3 is 2.71 bits per heavy atom. The fourth-order valence-electron chi connectivity index (χ4n) is 2.30. The zero-order valence-corrected chi connectivity index (χ0v) is 10.6. The van der Waals surface area contributed by atoms with Crippen LogP contribution in [0.1, 0.15) is 38.2 Å². The van der Waals surface area contributed by atoms with E-state index in [0.29, 0.717) is 23.9 Å². The maximum absolute atomic E-state index is 10.1. The fourth-order valence-corrected chi connectivity index (χ4v) is 2.30. The molecule has 3 nitrogen and oxygen atoms in total. The Balaban J connectivity index is 2.18. The minimum Gasteiger partial charge on any atom is -0.504 e. The van der Waals surface area contributed by atoms with Crippen LogP contribution in [0.4, 0.5) is 0 Å². The lowest BCUT2D eigenvalue weighted by Gasteiger charge is -2.17. The van der Waals surface area contributed by atoms with Gasteiger partial charge in [-0.25, -0.2) is 0 Å². The summed E-state index contributed by atoms with van der Waals surface area (Å²) in [6.45, 7) is 4.22. The molecule has 0 aromatic heterocycles. The molecule has 3 heteroatoms. The van der Waals surface area contributed by atoms with E-state index < -0.39 is 0 Å². The number of ether oxygens (including phenoxy) is 2. The van der Waals surface area contributed by atoms with Crippen molar-refractivity contribution in [2.45, 2.75) is 44.8 Å². The van der Waals surface area contributed by atoms with Gasteiger partial charge in [0, 0.05) is 5.56 Å². The highest BCUT2D eigenvalue weighted by molar-refractivity contribution is 5.47. The van der Waals surface area contributed by atoms with Crippen molar-refractivity contribution in [1.29, 1.82) is 0 Å². The quantitative estimate of drug-likeness (QED) is 0.799. The van der Waals surface area contributed by atoms with Crippen LogP contribution in [-0.2, 0) is 4.74 Å². The van der Waals surface area contributed by atoms with Crippen molar-refractivity contribution in [3.05, 3.63) is 23.8 Å². The SMILES string of the molecule is CCC(CC1OC1C)c1cccc(OC)c1O. The number of phenolic OH excluding ortho intramolecular Hbond substituents is 1. The average molecular weight is 236 g/mol. The van der Waals surface area contributed by atoms with E-state index in [9.17, 15) is 5.11 Å². The molecule has 3 unspecified atom stereocenters. The second kappa shape index (κ2) is 4.96. The lowest BCUT2D eigenvalue weighted by Crippen LogP contribution is -2.04. The van der Waals surface area contributed by atoms with Crippen LogP contribution in [0, 0.1) is 0 Å². The number of epoxide rings is 1. The highest BCUT2D eigenvalue weighted by atomic mass is 16.6. The Morgan fingerprint density at radius 2 is 2.18 bits per heavy atom. The maximum Gasteiger partial charge on any atom is 0.161 e. The fraction of sp³-hybridized carbons (Fsp3) is 0.571. The first-order valence-electron chi connectivity index (χ1n) is 6.18. The molecule has 0 saturated carbocycles. The van der Waals surface area contributed by atoms with Crippen molar-refractivity contribution in [2.24, 2.45) is 0 Å². The molecular weight excluding hydrogens is 216 g/mol. The normalized spacial score (nSPS) is 24.4. The van der Waals surface area contributed by atoms with Crippen LogP contribution in [0.15, 0.2) is 18.2 Å². The summed E-state index contributed by atoms with van der Waals surface area (Å²) in [5.74, 6) is 1.15. The summed E-state index contributed by atoms with van der Waals surface area (Å²) in [4.78, 5) is 0. The summed E-state index contributed by atoms with van der Waals surface area (Å²) >= 11 is 0. The van der Waals surface area contributed by atoms with Crippen LogP contribution >= 0.6 is 0 Å². The second-order valence-corrected chi connectivity index (χ2v) is 4.62. The van der Waals surface area contributed by atoms with Gasteiger partial charge in [0.2, 0.25) is 0 Å². The molecular formula is C14H20O3. The minimum atomic E-state index is 0.273. The van der Waals surface area contributed by atoms with Gasteiger partial charge >= 0.3 is 0 Å². The van der Waals surface area contributed by atoms with Crippen LogP contribution in [-0.4, -0.2) is 24.4 Å². The molecule has 1 aromatic rings. The third kappa shape index (κ3) is 2.55. The number of aromatic hydroxyl groups is 1. The van der Waals surface area contributed by atoms with Crippen molar-refractivity contribution in [1.82, 2.24) is 0 Å². The molecule has 0 aliphatic carbocycles. The summed E-state index contributed by atoms with van der Waals surface area (Å²) in [6.07, 6.45) is 2.69. The number of phenols is 1. The first-order chi connectivity index (χ1) is 8.17. The molecule has 94 valence electrons. The van der Waals surface area contributed by atoms with E-state index in [2.05, 4.69) is 13.8 Å². The van der Waals surface area contributed by atoms with Crippen LogP contribution in [0.3, 0.4) is 0 Å². The van der Waals surface area contributed by atoms with Gasteiger partial charge in [-0.15, -0.1) is 0 Å². The van der Waals surface area contributed by atoms with Gasteiger partial charge in [-0.2, -0.15) is 0 Å². The average Bonchev–Trinajstić information content (AvgIpc) is 3.03. The predicted molar refractivity (Wildman–Crippen MR) is 66.6 cm³/mol. The summed E-state index contributed by atoms with van der Waals surface area (Å²) in [5.41, 5.74) is 0.967. The zero-order chi connectivity index (χ0) is 12.4. The molecule has 0 amide bonds. The molecule has 3 atom stereocenters. The number of hydrogen-bond acceptors (Lipinski definition) is 3.